The standard InChI is InChI=1S/C14H21N3O2/c1-19-10-13-6-3-7-17(13)9-11-4-2-5-12(8-11)16-14(15)18/h2,4-5,8,13H,3,6-7,9-10H2,1H3,(H3,15,16,18). The molecule has 3 N–H and O–H groups in total. The molecule has 104 valence electrons. The molecule has 1 saturated heterocycles. The Morgan fingerprint density at radius 1 is 1.58 bits per heavy atom. The van der Waals surface area contributed by atoms with E-state index >= 15 is 0 Å². The Balaban J connectivity index is 2.00. The lowest BCUT2D eigenvalue weighted by atomic mass is 10.1. The number of carbonyl (C=O) groups is 1. The molecule has 2 rings (SSSR count). The Labute approximate surface area is 113 Å². The average molecular weight is 263 g/mol. The van der Waals surface area contributed by atoms with Crippen LogP contribution in [0, 0.1) is 0 Å². The summed E-state index contributed by atoms with van der Waals surface area (Å²) in [7, 11) is 1.74. The number of nitrogens with one attached hydrogen (secondary N) is 1. The first kappa shape index (κ1) is 13.8. The molecule has 1 atom stereocenters. The Morgan fingerprint density at radius 2 is 2.42 bits per heavy atom. The monoisotopic (exact) mass is 263 g/mol. The van der Waals surface area contributed by atoms with Crippen molar-refractivity contribution in [3.63, 3.8) is 0 Å². The highest BCUT2D eigenvalue weighted by molar-refractivity contribution is 5.87. The molecular formula is C14H21N3O2. The lowest BCUT2D eigenvalue weighted by Crippen LogP contribution is -2.32. The van der Waals surface area contributed by atoms with Gasteiger partial charge in [-0.25, -0.2) is 4.79 Å². The number of primary amides is 1. The molecule has 0 aromatic heterocycles. The number of hydrogen-bond acceptors (Lipinski definition) is 3. The van der Waals surface area contributed by atoms with Gasteiger partial charge in [0, 0.05) is 25.4 Å². The molecule has 2 amide bonds. The first-order valence-corrected chi connectivity index (χ1v) is 6.57. The summed E-state index contributed by atoms with van der Waals surface area (Å²) in [5.74, 6) is 0. The average Bonchev–Trinajstić information content (AvgIpc) is 2.77. The minimum absolute atomic E-state index is 0.498. The van der Waals surface area contributed by atoms with Gasteiger partial charge in [0.25, 0.3) is 0 Å². The van der Waals surface area contributed by atoms with E-state index in [2.05, 4.69) is 16.3 Å². The number of hydrogen-bond donors (Lipinski definition) is 2. The molecule has 1 fully saturated rings. The zero-order chi connectivity index (χ0) is 13.7. The quantitative estimate of drug-likeness (QED) is 0.851. The second-order valence-electron chi connectivity index (χ2n) is 4.91. The van der Waals surface area contributed by atoms with E-state index in [0.29, 0.717) is 6.04 Å². The maximum Gasteiger partial charge on any atom is 0.316 e. The maximum absolute atomic E-state index is 10.8. The van der Waals surface area contributed by atoms with Gasteiger partial charge >= 0.3 is 6.03 Å². The molecule has 19 heavy (non-hydrogen) atoms. The highest BCUT2D eigenvalue weighted by Crippen LogP contribution is 2.21. The van der Waals surface area contributed by atoms with E-state index in [-0.39, 0.29) is 0 Å². The van der Waals surface area contributed by atoms with Gasteiger partial charge in [0.15, 0.2) is 0 Å². The molecule has 1 aliphatic heterocycles. The van der Waals surface area contributed by atoms with Crippen molar-refractivity contribution < 1.29 is 9.53 Å². The first-order chi connectivity index (χ1) is 9.19. The number of likely N-dealkylation sites (tertiary alicyclic amines) is 1. The Hall–Kier alpha value is -1.59. The van der Waals surface area contributed by atoms with Gasteiger partial charge in [0.2, 0.25) is 0 Å². The topological polar surface area (TPSA) is 67.6 Å². The van der Waals surface area contributed by atoms with E-state index in [4.69, 9.17) is 10.5 Å². The van der Waals surface area contributed by atoms with Crippen LogP contribution in [-0.4, -0.2) is 37.2 Å². The number of urea groups is 1. The summed E-state index contributed by atoms with van der Waals surface area (Å²) >= 11 is 0. The minimum Gasteiger partial charge on any atom is -0.383 e. The number of anilines is 1. The molecule has 0 radical (unpaired) electrons. The summed E-state index contributed by atoms with van der Waals surface area (Å²) in [5.41, 5.74) is 7.04. The van der Waals surface area contributed by atoms with Crippen LogP contribution in [0.15, 0.2) is 24.3 Å². The largest absolute Gasteiger partial charge is 0.383 e. The SMILES string of the molecule is COCC1CCCN1Cc1cccc(NC(N)=O)c1. The smallest absolute Gasteiger partial charge is 0.316 e. The second-order valence-corrected chi connectivity index (χ2v) is 4.91. The summed E-state index contributed by atoms with van der Waals surface area (Å²) in [6.45, 7) is 2.75. The first-order valence-electron chi connectivity index (χ1n) is 6.57. The van der Waals surface area contributed by atoms with Gasteiger partial charge in [-0.1, -0.05) is 12.1 Å². The fraction of sp³-hybridized carbons (Fsp3) is 0.500. The van der Waals surface area contributed by atoms with Crippen LogP contribution in [0.4, 0.5) is 10.5 Å². The predicted octanol–water partition coefficient (Wildman–Crippen LogP) is 1.79. The van der Waals surface area contributed by atoms with Gasteiger partial charge < -0.3 is 15.8 Å². The molecule has 1 aromatic rings. The zero-order valence-electron chi connectivity index (χ0n) is 11.3. The van der Waals surface area contributed by atoms with Crippen molar-refractivity contribution >= 4 is 11.7 Å². The highest BCUT2D eigenvalue weighted by atomic mass is 16.5. The number of rotatable bonds is 5. The third-order valence-corrected chi connectivity index (χ3v) is 3.44. The third-order valence-electron chi connectivity index (χ3n) is 3.44. The molecule has 0 spiro atoms. The summed E-state index contributed by atoms with van der Waals surface area (Å²) in [4.78, 5) is 13.3. The van der Waals surface area contributed by atoms with Crippen LogP contribution in [0.2, 0.25) is 0 Å². The number of benzene rings is 1. The van der Waals surface area contributed by atoms with Gasteiger partial charge in [-0.2, -0.15) is 0 Å². The van der Waals surface area contributed by atoms with Crippen LogP contribution >= 0.6 is 0 Å². The van der Waals surface area contributed by atoms with Crippen molar-refractivity contribution in [1.82, 2.24) is 4.90 Å². The summed E-state index contributed by atoms with van der Waals surface area (Å²) in [6, 6.07) is 7.77. The van der Waals surface area contributed by atoms with Crippen molar-refractivity contribution in [2.45, 2.75) is 25.4 Å². The molecule has 0 aliphatic carbocycles. The fourth-order valence-electron chi connectivity index (χ4n) is 2.61. The third kappa shape index (κ3) is 3.94. The number of amides is 2. The van der Waals surface area contributed by atoms with Crippen LogP contribution in [0.25, 0.3) is 0 Å². The summed E-state index contributed by atoms with van der Waals surface area (Å²) < 4.78 is 5.25. The number of nitrogens with two attached hydrogens (primary N) is 1. The van der Waals surface area contributed by atoms with E-state index in [1.807, 2.05) is 18.2 Å². The van der Waals surface area contributed by atoms with Gasteiger partial charge in [-0.3, -0.25) is 4.90 Å². The van der Waals surface area contributed by atoms with E-state index < -0.39 is 6.03 Å². The van der Waals surface area contributed by atoms with Gasteiger partial charge in [0.1, 0.15) is 0 Å². The lowest BCUT2D eigenvalue weighted by molar-refractivity contribution is 0.112. The van der Waals surface area contributed by atoms with E-state index in [9.17, 15) is 4.79 Å². The zero-order valence-corrected chi connectivity index (χ0v) is 11.3. The lowest BCUT2D eigenvalue weighted by Gasteiger charge is -2.24. The van der Waals surface area contributed by atoms with E-state index in [0.717, 1.165) is 25.4 Å². The second kappa shape index (κ2) is 6.54. The van der Waals surface area contributed by atoms with Gasteiger partial charge in [0.05, 0.1) is 6.61 Å². The van der Waals surface area contributed by atoms with Crippen LogP contribution in [0.5, 0.6) is 0 Å². The predicted molar refractivity (Wildman–Crippen MR) is 75.0 cm³/mol. The molecule has 1 heterocycles. The summed E-state index contributed by atoms with van der Waals surface area (Å²) in [5, 5.41) is 2.60. The van der Waals surface area contributed by atoms with Crippen molar-refractivity contribution in [2.75, 3.05) is 25.6 Å². The molecule has 0 saturated carbocycles. The van der Waals surface area contributed by atoms with Crippen LogP contribution in [-0.2, 0) is 11.3 Å². The van der Waals surface area contributed by atoms with Crippen molar-refractivity contribution in [2.24, 2.45) is 5.73 Å². The molecule has 0 bridgehead atoms. The molecule has 1 aliphatic rings. The van der Waals surface area contributed by atoms with Gasteiger partial charge in [-0.15, -0.1) is 0 Å². The number of nitrogens with zero attached hydrogens (tertiary/aromatic N) is 1. The highest BCUT2D eigenvalue weighted by Gasteiger charge is 2.24. The van der Waals surface area contributed by atoms with E-state index in [1.165, 1.54) is 18.4 Å². The molecule has 5 heteroatoms. The Bertz CT molecular complexity index is 436. The Kier molecular flexibility index (Phi) is 4.76. The maximum atomic E-state index is 10.8. The molecule has 5 nitrogen and oxygen atoms in total. The minimum atomic E-state index is -0.532. The van der Waals surface area contributed by atoms with Crippen molar-refractivity contribution in [1.29, 1.82) is 0 Å². The van der Waals surface area contributed by atoms with Crippen LogP contribution < -0.4 is 11.1 Å². The van der Waals surface area contributed by atoms with Gasteiger partial charge in [-0.05, 0) is 37.1 Å². The molecular weight excluding hydrogens is 242 g/mol. The number of methoxy groups -OCH3 is 1. The van der Waals surface area contributed by atoms with Crippen LogP contribution in [0.3, 0.4) is 0 Å². The Morgan fingerprint density at radius 3 is 3.16 bits per heavy atom. The van der Waals surface area contributed by atoms with E-state index in [1.54, 1.807) is 7.11 Å². The normalized spacial score (nSPS) is 19.5. The molecule has 1 aromatic carbocycles. The number of ether oxygens (including phenoxy) is 1. The van der Waals surface area contributed by atoms with Crippen molar-refractivity contribution in [3.05, 3.63) is 29.8 Å². The number of carbonyl (C=O) groups excluding carboxylic acids is 1. The van der Waals surface area contributed by atoms with Crippen molar-refractivity contribution in [3.8, 4) is 0 Å². The summed E-state index contributed by atoms with van der Waals surface area (Å²) in [6.07, 6.45) is 2.40. The fourth-order valence-corrected chi connectivity index (χ4v) is 2.61. The van der Waals surface area contributed by atoms with Crippen LogP contribution in [0.1, 0.15) is 18.4 Å². The molecule has 1 unspecified atom stereocenters.